The molecule has 1 heterocycles. The zero-order valence-corrected chi connectivity index (χ0v) is 12.7. The molecular weight excluding hydrogens is 294 g/mol. The summed E-state index contributed by atoms with van der Waals surface area (Å²) in [5.74, 6) is -1.25. The molecule has 1 unspecified atom stereocenters. The summed E-state index contributed by atoms with van der Waals surface area (Å²) < 4.78 is 30.7. The number of carboxylic acid groups (broad SMARTS) is 1. The number of fused-ring (bicyclic) bond motifs is 1. The minimum Gasteiger partial charge on any atom is -0.480 e. The Morgan fingerprint density at radius 3 is 2.81 bits per heavy atom. The monoisotopic (exact) mass is 313 g/mol. The van der Waals surface area contributed by atoms with Gasteiger partial charge in [0, 0.05) is 20.3 Å². The van der Waals surface area contributed by atoms with E-state index in [-0.39, 0.29) is 12.3 Å². The van der Waals surface area contributed by atoms with Crippen molar-refractivity contribution in [3.63, 3.8) is 0 Å². The second-order valence-electron chi connectivity index (χ2n) is 4.96. The molecule has 0 amide bonds. The van der Waals surface area contributed by atoms with Gasteiger partial charge < -0.3 is 9.84 Å². The normalized spacial score (nSPS) is 19.2. The van der Waals surface area contributed by atoms with Crippen molar-refractivity contribution in [1.82, 2.24) is 4.31 Å². The Hall–Kier alpha value is -1.44. The lowest BCUT2D eigenvalue weighted by molar-refractivity contribution is -0.142. The molecule has 1 atom stereocenters. The van der Waals surface area contributed by atoms with E-state index in [4.69, 9.17) is 4.74 Å². The van der Waals surface area contributed by atoms with Gasteiger partial charge in [-0.25, -0.2) is 8.42 Å². The molecule has 21 heavy (non-hydrogen) atoms. The molecule has 0 spiro atoms. The largest absolute Gasteiger partial charge is 0.480 e. The molecule has 0 fully saturated rings. The van der Waals surface area contributed by atoms with Crippen molar-refractivity contribution in [3.05, 3.63) is 35.4 Å². The van der Waals surface area contributed by atoms with Crippen LogP contribution < -0.4 is 0 Å². The number of hydrogen-bond acceptors (Lipinski definition) is 4. The maximum atomic E-state index is 12.4. The highest BCUT2D eigenvalue weighted by atomic mass is 32.2. The van der Waals surface area contributed by atoms with Gasteiger partial charge in [0.1, 0.15) is 6.04 Å². The molecule has 1 aliphatic rings. The first-order valence-corrected chi connectivity index (χ1v) is 8.37. The SMILES string of the molecule is COCCCS(=O)(=O)N1CCc2ccccc2C1C(=O)O. The van der Waals surface area contributed by atoms with E-state index in [2.05, 4.69) is 0 Å². The number of rotatable bonds is 6. The molecule has 7 heteroatoms. The van der Waals surface area contributed by atoms with E-state index in [0.717, 1.165) is 9.87 Å². The molecule has 0 radical (unpaired) electrons. The minimum absolute atomic E-state index is 0.104. The van der Waals surface area contributed by atoms with Crippen molar-refractivity contribution in [1.29, 1.82) is 0 Å². The van der Waals surface area contributed by atoms with Crippen LogP contribution in [0.25, 0.3) is 0 Å². The molecule has 0 bridgehead atoms. The fourth-order valence-corrected chi connectivity index (χ4v) is 4.21. The van der Waals surface area contributed by atoms with Crippen molar-refractivity contribution in [3.8, 4) is 0 Å². The van der Waals surface area contributed by atoms with Crippen molar-refractivity contribution < 1.29 is 23.1 Å². The zero-order valence-electron chi connectivity index (χ0n) is 11.9. The van der Waals surface area contributed by atoms with Crippen LogP contribution in [-0.2, 0) is 26.0 Å². The zero-order chi connectivity index (χ0) is 15.5. The van der Waals surface area contributed by atoms with E-state index in [1.807, 2.05) is 12.1 Å². The first-order chi connectivity index (χ1) is 9.97. The van der Waals surface area contributed by atoms with Gasteiger partial charge in [0.05, 0.1) is 5.75 Å². The average molecular weight is 313 g/mol. The van der Waals surface area contributed by atoms with Gasteiger partial charge in [0.15, 0.2) is 0 Å². The molecule has 2 rings (SSSR count). The molecule has 6 nitrogen and oxygen atoms in total. The Morgan fingerprint density at radius 1 is 1.43 bits per heavy atom. The number of ether oxygens (including phenoxy) is 1. The third-order valence-corrected chi connectivity index (χ3v) is 5.49. The molecule has 0 saturated heterocycles. The van der Waals surface area contributed by atoms with Gasteiger partial charge in [0.25, 0.3) is 0 Å². The number of carboxylic acids is 1. The van der Waals surface area contributed by atoms with Crippen LogP contribution >= 0.6 is 0 Å². The van der Waals surface area contributed by atoms with E-state index < -0.39 is 22.0 Å². The number of carbonyl (C=O) groups is 1. The summed E-state index contributed by atoms with van der Waals surface area (Å²) in [6.07, 6.45) is 0.882. The number of aliphatic carboxylic acids is 1. The van der Waals surface area contributed by atoms with Crippen LogP contribution in [0.5, 0.6) is 0 Å². The van der Waals surface area contributed by atoms with Gasteiger partial charge in [-0.3, -0.25) is 4.79 Å². The Balaban J connectivity index is 2.30. The Morgan fingerprint density at radius 2 is 2.14 bits per heavy atom. The molecule has 1 aliphatic heterocycles. The number of nitrogens with zero attached hydrogens (tertiary/aromatic N) is 1. The Labute approximate surface area is 124 Å². The van der Waals surface area contributed by atoms with Gasteiger partial charge in [-0.15, -0.1) is 0 Å². The van der Waals surface area contributed by atoms with Crippen LogP contribution in [-0.4, -0.2) is 49.8 Å². The van der Waals surface area contributed by atoms with Crippen molar-refractivity contribution in [2.45, 2.75) is 18.9 Å². The Kier molecular flexibility index (Phi) is 4.97. The molecular formula is C14H19NO5S. The third-order valence-electron chi connectivity index (χ3n) is 3.58. The average Bonchev–Trinajstić information content (AvgIpc) is 2.46. The third kappa shape index (κ3) is 3.42. The summed E-state index contributed by atoms with van der Waals surface area (Å²) in [7, 11) is -2.12. The maximum absolute atomic E-state index is 12.4. The first kappa shape index (κ1) is 15.9. The summed E-state index contributed by atoms with van der Waals surface area (Å²) in [6.45, 7) is 0.532. The van der Waals surface area contributed by atoms with Gasteiger partial charge in [-0.05, 0) is 24.0 Å². The quantitative estimate of drug-likeness (QED) is 0.793. The summed E-state index contributed by atoms with van der Waals surface area (Å²) in [6, 6.07) is 5.96. The van der Waals surface area contributed by atoms with Crippen LogP contribution in [0.15, 0.2) is 24.3 Å². The second-order valence-corrected chi connectivity index (χ2v) is 7.00. The standard InChI is InChI=1S/C14H19NO5S/c1-20-9-4-10-21(18,19)15-8-7-11-5-2-3-6-12(11)13(15)14(16)17/h2-3,5-6,13H,4,7-10H2,1H3,(H,16,17). The lowest BCUT2D eigenvalue weighted by Crippen LogP contribution is -2.44. The predicted molar refractivity (Wildman–Crippen MR) is 77.5 cm³/mol. The molecule has 0 saturated carbocycles. The van der Waals surface area contributed by atoms with Crippen LogP contribution in [0.3, 0.4) is 0 Å². The van der Waals surface area contributed by atoms with E-state index in [9.17, 15) is 18.3 Å². The van der Waals surface area contributed by atoms with Crippen LogP contribution in [0, 0.1) is 0 Å². The topological polar surface area (TPSA) is 83.9 Å². The van der Waals surface area contributed by atoms with Gasteiger partial charge in [0.2, 0.25) is 10.0 Å². The molecule has 0 aromatic heterocycles. The highest BCUT2D eigenvalue weighted by Crippen LogP contribution is 2.32. The lowest BCUT2D eigenvalue weighted by Gasteiger charge is -2.33. The summed E-state index contributed by atoms with van der Waals surface area (Å²) in [5, 5.41) is 9.46. The summed E-state index contributed by atoms with van der Waals surface area (Å²) in [4.78, 5) is 11.6. The van der Waals surface area contributed by atoms with Crippen molar-refractivity contribution in [2.24, 2.45) is 0 Å². The number of hydrogen-bond donors (Lipinski definition) is 1. The fourth-order valence-electron chi connectivity index (χ4n) is 2.60. The van der Waals surface area contributed by atoms with Gasteiger partial charge in [-0.2, -0.15) is 4.31 Å². The van der Waals surface area contributed by atoms with Gasteiger partial charge >= 0.3 is 5.97 Å². The molecule has 116 valence electrons. The number of methoxy groups -OCH3 is 1. The smallest absolute Gasteiger partial charge is 0.326 e. The van der Waals surface area contributed by atoms with E-state index in [1.54, 1.807) is 12.1 Å². The number of benzene rings is 1. The van der Waals surface area contributed by atoms with Crippen LogP contribution in [0.1, 0.15) is 23.6 Å². The first-order valence-electron chi connectivity index (χ1n) is 6.76. The molecule has 1 aromatic rings. The number of sulfonamides is 1. The second kappa shape index (κ2) is 6.55. The van der Waals surface area contributed by atoms with Crippen molar-refractivity contribution >= 4 is 16.0 Å². The highest BCUT2D eigenvalue weighted by molar-refractivity contribution is 7.89. The van der Waals surface area contributed by atoms with E-state index in [0.29, 0.717) is 25.0 Å². The molecule has 0 aliphatic carbocycles. The summed E-state index contributed by atoms with van der Waals surface area (Å²) >= 11 is 0. The van der Waals surface area contributed by atoms with Gasteiger partial charge in [-0.1, -0.05) is 24.3 Å². The van der Waals surface area contributed by atoms with Crippen LogP contribution in [0.4, 0.5) is 0 Å². The van der Waals surface area contributed by atoms with Crippen LogP contribution in [0.2, 0.25) is 0 Å². The van der Waals surface area contributed by atoms with Crippen molar-refractivity contribution in [2.75, 3.05) is 26.0 Å². The Bertz CT molecular complexity index is 614. The van der Waals surface area contributed by atoms with E-state index in [1.165, 1.54) is 7.11 Å². The molecule has 1 N–H and O–H groups in total. The predicted octanol–water partition coefficient (Wildman–Crippen LogP) is 1.04. The highest BCUT2D eigenvalue weighted by Gasteiger charge is 2.39. The molecule has 1 aromatic carbocycles. The maximum Gasteiger partial charge on any atom is 0.326 e. The van der Waals surface area contributed by atoms with E-state index >= 15 is 0 Å². The summed E-state index contributed by atoms with van der Waals surface area (Å²) in [5.41, 5.74) is 1.46. The minimum atomic E-state index is -3.62. The fraction of sp³-hybridized carbons (Fsp3) is 0.500. The lowest BCUT2D eigenvalue weighted by atomic mass is 9.94.